The number of hydrogen-bond acceptors (Lipinski definition) is 1. The second-order valence-corrected chi connectivity index (χ2v) is 3.86. The van der Waals surface area contributed by atoms with E-state index in [9.17, 15) is 4.79 Å². The summed E-state index contributed by atoms with van der Waals surface area (Å²) in [6.45, 7) is 5.56. The first-order chi connectivity index (χ1) is 7.31. The third-order valence-corrected chi connectivity index (χ3v) is 2.49. The van der Waals surface area contributed by atoms with E-state index in [-0.39, 0.29) is 0 Å². The zero-order valence-corrected chi connectivity index (χ0v) is 10.0. The fourth-order valence-electron chi connectivity index (χ4n) is 1.48. The molecule has 0 aromatic carbocycles. The van der Waals surface area contributed by atoms with E-state index in [2.05, 4.69) is 12.7 Å². The van der Waals surface area contributed by atoms with Crippen molar-refractivity contribution in [1.82, 2.24) is 0 Å². The van der Waals surface area contributed by atoms with Gasteiger partial charge in [0.05, 0.1) is 0 Å². The van der Waals surface area contributed by atoms with Crippen molar-refractivity contribution < 1.29 is 4.79 Å². The van der Waals surface area contributed by atoms with Gasteiger partial charge in [-0.3, -0.25) is 4.79 Å². The van der Waals surface area contributed by atoms with Crippen molar-refractivity contribution >= 4 is 5.78 Å². The van der Waals surface area contributed by atoms with Gasteiger partial charge in [-0.25, -0.2) is 0 Å². The molecule has 0 radical (unpaired) electrons. The fraction of sp³-hybridized carbons (Fsp3) is 0.643. The van der Waals surface area contributed by atoms with Crippen molar-refractivity contribution in [3.8, 4) is 0 Å². The molecule has 0 N–H and O–H groups in total. The van der Waals surface area contributed by atoms with Gasteiger partial charge in [-0.15, -0.1) is 0 Å². The van der Waals surface area contributed by atoms with E-state index >= 15 is 0 Å². The first-order valence-corrected chi connectivity index (χ1v) is 6.10. The maximum absolute atomic E-state index is 11.0. The van der Waals surface area contributed by atoms with Crippen LogP contribution in [0.1, 0.15) is 58.3 Å². The third-order valence-electron chi connectivity index (χ3n) is 2.49. The molecule has 0 aliphatic heterocycles. The maximum atomic E-state index is 11.0. The van der Waals surface area contributed by atoms with Crippen LogP contribution in [0.5, 0.6) is 0 Å². The lowest BCUT2D eigenvalue weighted by molar-refractivity contribution is -0.118. The lowest BCUT2D eigenvalue weighted by atomic mass is 10.1. The largest absolute Gasteiger partial charge is 0.300 e. The summed E-state index contributed by atoms with van der Waals surface area (Å²) in [5.74, 6) is 0.406. The van der Waals surface area contributed by atoms with Crippen LogP contribution in [-0.2, 0) is 4.79 Å². The summed E-state index contributed by atoms with van der Waals surface area (Å²) in [4.78, 5) is 11.0. The van der Waals surface area contributed by atoms with Crippen LogP contribution in [0, 0.1) is 0 Å². The van der Waals surface area contributed by atoms with E-state index in [4.69, 9.17) is 0 Å². The van der Waals surface area contributed by atoms with Crippen LogP contribution in [0.3, 0.4) is 0 Å². The Morgan fingerprint density at radius 3 is 2.47 bits per heavy atom. The summed E-state index contributed by atoms with van der Waals surface area (Å²) in [6.07, 6.45) is 14.7. The van der Waals surface area contributed by atoms with E-state index in [1.807, 2.05) is 19.1 Å². The van der Waals surface area contributed by atoms with Gasteiger partial charge in [-0.1, -0.05) is 51.0 Å². The van der Waals surface area contributed by atoms with Crippen molar-refractivity contribution in [3.05, 3.63) is 24.8 Å². The van der Waals surface area contributed by atoms with Crippen LogP contribution in [0.4, 0.5) is 0 Å². The molecule has 0 heterocycles. The first-order valence-electron chi connectivity index (χ1n) is 6.10. The van der Waals surface area contributed by atoms with Crippen molar-refractivity contribution in [2.24, 2.45) is 0 Å². The average Bonchev–Trinajstić information content (AvgIpc) is 2.26. The van der Waals surface area contributed by atoms with E-state index in [0.717, 1.165) is 19.3 Å². The van der Waals surface area contributed by atoms with Crippen molar-refractivity contribution in [1.29, 1.82) is 0 Å². The highest BCUT2D eigenvalue weighted by Gasteiger charge is 1.97. The highest BCUT2D eigenvalue weighted by molar-refractivity contribution is 5.77. The summed E-state index contributed by atoms with van der Waals surface area (Å²) in [5, 5.41) is 0. The molecule has 0 aromatic rings. The Morgan fingerprint density at radius 1 is 1.13 bits per heavy atom. The Morgan fingerprint density at radius 2 is 1.80 bits per heavy atom. The van der Waals surface area contributed by atoms with Gasteiger partial charge in [0.2, 0.25) is 0 Å². The van der Waals surface area contributed by atoms with Gasteiger partial charge < -0.3 is 0 Å². The van der Waals surface area contributed by atoms with Crippen LogP contribution in [0.2, 0.25) is 0 Å². The number of ketones is 1. The molecule has 0 saturated carbocycles. The number of hydrogen-bond donors (Lipinski definition) is 0. The molecule has 15 heavy (non-hydrogen) atoms. The molecular weight excluding hydrogens is 184 g/mol. The van der Waals surface area contributed by atoms with E-state index < -0.39 is 0 Å². The minimum absolute atomic E-state index is 0.406. The van der Waals surface area contributed by atoms with Crippen LogP contribution in [-0.4, -0.2) is 5.78 Å². The second-order valence-electron chi connectivity index (χ2n) is 3.86. The van der Waals surface area contributed by atoms with Gasteiger partial charge >= 0.3 is 0 Å². The third kappa shape index (κ3) is 11.1. The van der Waals surface area contributed by atoms with Crippen molar-refractivity contribution in [2.75, 3.05) is 0 Å². The second kappa shape index (κ2) is 11.2. The van der Waals surface area contributed by atoms with E-state index in [0.29, 0.717) is 12.2 Å². The minimum atomic E-state index is 0.406. The molecule has 1 heteroatoms. The van der Waals surface area contributed by atoms with Crippen molar-refractivity contribution in [2.45, 2.75) is 58.3 Å². The summed E-state index contributed by atoms with van der Waals surface area (Å²) in [6, 6.07) is 0. The molecule has 0 amide bonds. The number of rotatable bonds is 10. The Balaban J connectivity index is 3.08. The molecule has 0 rings (SSSR count). The summed E-state index contributed by atoms with van der Waals surface area (Å²) in [7, 11) is 0. The van der Waals surface area contributed by atoms with Crippen LogP contribution in [0.25, 0.3) is 0 Å². The lowest BCUT2D eigenvalue weighted by Crippen LogP contribution is -1.93. The molecule has 0 unspecified atom stereocenters. The number of carbonyl (C=O) groups excluding carboxylic acids is 1. The molecular formula is C14H24O. The molecule has 0 spiro atoms. The predicted octanol–water partition coefficient (Wildman–Crippen LogP) is 4.44. The molecule has 86 valence electrons. The predicted molar refractivity (Wildman–Crippen MR) is 67.0 cm³/mol. The first kappa shape index (κ1) is 14.2. The topological polar surface area (TPSA) is 17.1 Å². The SMILES string of the molecule is C=CC=CCCCCCCCC(=O)CC. The molecule has 0 atom stereocenters. The van der Waals surface area contributed by atoms with Gasteiger partial charge in [0, 0.05) is 12.8 Å². The molecule has 0 saturated heterocycles. The summed E-state index contributed by atoms with van der Waals surface area (Å²) in [5.41, 5.74) is 0. The number of Topliss-reactive ketones (excluding diaryl/α,β-unsaturated/α-hetero) is 1. The van der Waals surface area contributed by atoms with Gasteiger partial charge in [-0.2, -0.15) is 0 Å². The molecule has 0 aliphatic rings. The zero-order valence-electron chi connectivity index (χ0n) is 10.0. The monoisotopic (exact) mass is 208 g/mol. The Labute approximate surface area is 94.3 Å². The Bertz CT molecular complexity index is 192. The van der Waals surface area contributed by atoms with Gasteiger partial charge in [0.1, 0.15) is 5.78 Å². The van der Waals surface area contributed by atoms with Gasteiger partial charge in [0.15, 0.2) is 0 Å². The number of allylic oxidation sites excluding steroid dienone is 3. The molecule has 0 fully saturated rings. The normalized spacial score (nSPS) is 10.7. The molecule has 1 nitrogen and oxygen atoms in total. The zero-order chi connectivity index (χ0) is 11.4. The van der Waals surface area contributed by atoms with Crippen LogP contribution < -0.4 is 0 Å². The fourth-order valence-corrected chi connectivity index (χ4v) is 1.48. The Kier molecular flexibility index (Phi) is 10.6. The van der Waals surface area contributed by atoms with E-state index in [1.165, 1.54) is 25.7 Å². The van der Waals surface area contributed by atoms with Crippen LogP contribution >= 0.6 is 0 Å². The van der Waals surface area contributed by atoms with Crippen LogP contribution in [0.15, 0.2) is 24.8 Å². The maximum Gasteiger partial charge on any atom is 0.132 e. The van der Waals surface area contributed by atoms with E-state index in [1.54, 1.807) is 0 Å². The quantitative estimate of drug-likeness (QED) is 0.383. The smallest absolute Gasteiger partial charge is 0.132 e. The molecule has 0 aromatic heterocycles. The van der Waals surface area contributed by atoms with Gasteiger partial charge in [-0.05, 0) is 19.3 Å². The molecule has 0 bridgehead atoms. The number of carbonyl (C=O) groups is 1. The summed E-state index contributed by atoms with van der Waals surface area (Å²) < 4.78 is 0. The number of unbranched alkanes of at least 4 members (excludes halogenated alkanes) is 5. The standard InChI is InChI=1S/C14H24O/c1-3-5-6-7-8-9-10-11-12-13-14(15)4-2/h3,5-6H,1,4,7-13H2,2H3. The van der Waals surface area contributed by atoms with Gasteiger partial charge in [0.25, 0.3) is 0 Å². The minimum Gasteiger partial charge on any atom is -0.300 e. The molecule has 0 aliphatic carbocycles. The highest BCUT2D eigenvalue weighted by Crippen LogP contribution is 2.08. The Hall–Kier alpha value is -0.850. The van der Waals surface area contributed by atoms with Crippen molar-refractivity contribution in [3.63, 3.8) is 0 Å². The lowest BCUT2D eigenvalue weighted by Gasteiger charge is -1.99. The highest BCUT2D eigenvalue weighted by atomic mass is 16.1. The summed E-state index contributed by atoms with van der Waals surface area (Å²) >= 11 is 0. The average molecular weight is 208 g/mol.